The van der Waals surface area contributed by atoms with Gasteiger partial charge in [-0.25, -0.2) is 0 Å². The van der Waals surface area contributed by atoms with Crippen molar-refractivity contribution in [2.45, 2.75) is 44.7 Å². The highest BCUT2D eigenvalue weighted by Gasteiger charge is 2.21. The van der Waals surface area contributed by atoms with E-state index in [-0.39, 0.29) is 12.5 Å². The number of anilines is 1. The van der Waals surface area contributed by atoms with Crippen LogP contribution in [0.2, 0.25) is 0 Å². The van der Waals surface area contributed by atoms with Crippen LogP contribution in [0.4, 0.5) is 5.82 Å². The van der Waals surface area contributed by atoms with Crippen LogP contribution < -0.4 is 15.0 Å². The van der Waals surface area contributed by atoms with Gasteiger partial charge in [0.25, 0.3) is 0 Å². The maximum Gasteiger partial charge on any atom is 0.241 e. The van der Waals surface area contributed by atoms with Gasteiger partial charge >= 0.3 is 0 Å². The van der Waals surface area contributed by atoms with Gasteiger partial charge in [0.2, 0.25) is 5.91 Å². The van der Waals surface area contributed by atoms with E-state index >= 15 is 0 Å². The molecule has 1 aromatic heterocycles. The number of nitrogens with one attached hydrogen (secondary N) is 1. The van der Waals surface area contributed by atoms with Gasteiger partial charge in [0, 0.05) is 30.9 Å². The lowest BCUT2D eigenvalue weighted by molar-refractivity contribution is -0.122. The molecule has 0 spiro atoms. The van der Waals surface area contributed by atoms with Crippen LogP contribution in [0.1, 0.15) is 32.1 Å². The van der Waals surface area contributed by atoms with Crippen molar-refractivity contribution in [3.63, 3.8) is 0 Å². The van der Waals surface area contributed by atoms with Crippen LogP contribution in [0.3, 0.4) is 0 Å². The lowest BCUT2D eigenvalue weighted by Gasteiger charge is -2.27. The number of nitrogens with zero attached hydrogens (tertiary/aromatic N) is 3. The predicted octanol–water partition coefficient (Wildman–Crippen LogP) is 2.84. The van der Waals surface area contributed by atoms with E-state index in [1.54, 1.807) is 11.8 Å². The van der Waals surface area contributed by atoms with Crippen LogP contribution in [0.25, 0.3) is 11.1 Å². The molecule has 7 heteroatoms. The van der Waals surface area contributed by atoms with E-state index in [1.807, 2.05) is 30.5 Å². The molecule has 0 unspecified atom stereocenters. The number of amides is 1. The van der Waals surface area contributed by atoms with Gasteiger partial charge in [-0.05, 0) is 30.5 Å². The molecule has 7 nitrogen and oxygen atoms in total. The molecule has 1 amide bonds. The molecule has 1 aromatic carbocycles. The van der Waals surface area contributed by atoms with E-state index in [4.69, 9.17) is 14.6 Å². The molecule has 0 radical (unpaired) electrons. The number of aromatic nitrogens is 2. The molecular formula is C22H30N4O3. The number of hydrogen-bond donors (Lipinski definition) is 1. The Bertz CT molecular complexity index is 806. The van der Waals surface area contributed by atoms with Crippen molar-refractivity contribution in [2.75, 3.05) is 38.3 Å². The fourth-order valence-electron chi connectivity index (χ4n) is 4.14. The summed E-state index contributed by atoms with van der Waals surface area (Å²) in [7, 11) is 1.66. The average molecular weight is 399 g/mol. The minimum atomic E-state index is 0.0363. The number of hydrogen-bond acceptors (Lipinski definition) is 5. The molecule has 0 bridgehead atoms. The number of rotatable bonds is 6. The summed E-state index contributed by atoms with van der Waals surface area (Å²) in [5.41, 5.74) is 2.09. The van der Waals surface area contributed by atoms with Crippen LogP contribution in [0, 0.1) is 0 Å². The minimum Gasteiger partial charge on any atom is -0.497 e. The van der Waals surface area contributed by atoms with Gasteiger partial charge in [0.05, 0.1) is 20.3 Å². The van der Waals surface area contributed by atoms with Crippen LogP contribution in [-0.2, 0) is 16.1 Å². The third-order valence-electron chi connectivity index (χ3n) is 5.73. The van der Waals surface area contributed by atoms with Crippen molar-refractivity contribution in [2.24, 2.45) is 0 Å². The molecule has 2 heterocycles. The number of methoxy groups -OCH3 is 1. The van der Waals surface area contributed by atoms with Crippen molar-refractivity contribution < 1.29 is 14.3 Å². The quantitative estimate of drug-likeness (QED) is 0.810. The smallest absolute Gasteiger partial charge is 0.241 e. The average Bonchev–Trinajstić information content (AvgIpc) is 3.18. The summed E-state index contributed by atoms with van der Waals surface area (Å²) >= 11 is 0. The summed E-state index contributed by atoms with van der Waals surface area (Å²) in [4.78, 5) is 14.8. The van der Waals surface area contributed by atoms with Crippen LogP contribution >= 0.6 is 0 Å². The summed E-state index contributed by atoms with van der Waals surface area (Å²) in [5, 5.41) is 7.96. The molecule has 1 aliphatic carbocycles. The van der Waals surface area contributed by atoms with Gasteiger partial charge in [-0.2, -0.15) is 5.10 Å². The Labute approximate surface area is 172 Å². The number of ether oxygens (including phenoxy) is 2. The standard InChI is InChI=1S/C22H30N4O3/c1-28-19-9-7-17(8-10-19)20-15-26(24-22(20)25-11-13-29-14-12-25)16-21(27)23-18-5-3-2-4-6-18/h7-10,15,18H,2-6,11-14,16H2,1H3,(H,23,27). The molecule has 2 aliphatic rings. The first-order valence-corrected chi connectivity index (χ1v) is 10.6. The van der Waals surface area contributed by atoms with Crippen molar-refractivity contribution in [3.8, 4) is 16.9 Å². The summed E-state index contributed by atoms with van der Waals surface area (Å²) in [5.74, 6) is 1.76. The molecular weight excluding hydrogens is 368 g/mol. The van der Waals surface area contributed by atoms with Gasteiger partial charge in [-0.3, -0.25) is 9.48 Å². The SMILES string of the molecule is COc1ccc(-c2cn(CC(=O)NC3CCCCC3)nc2N2CCOCC2)cc1. The molecule has 1 N–H and O–H groups in total. The summed E-state index contributed by atoms with van der Waals surface area (Å²) in [6, 6.07) is 8.28. The fourth-order valence-corrected chi connectivity index (χ4v) is 4.14. The molecule has 1 saturated heterocycles. The third-order valence-corrected chi connectivity index (χ3v) is 5.73. The zero-order valence-corrected chi connectivity index (χ0v) is 17.1. The van der Waals surface area contributed by atoms with E-state index in [9.17, 15) is 4.79 Å². The zero-order valence-electron chi connectivity index (χ0n) is 17.1. The molecule has 29 heavy (non-hydrogen) atoms. The zero-order chi connectivity index (χ0) is 20.1. The highest BCUT2D eigenvalue weighted by atomic mass is 16.5. The van der Waals surface area contributed by atoms with E-state index in [1.165, 1.54) is 19.3 Å². The van der Waals surface area contributed by atoms with Crippen molar-refractivity contribution >= 4 is 11.7 Å². The van der Waals surface area contributed by atoms with Gasteiger partial charge in [-0.15, -0.1) is 0 Å². The molecule has 156 valence electrons. The second kappa shape index (κ2) is 9.31. The maximum absolute atomic E-state index is 12.6. The van der Waals surface area contributed by atoms with Crippen LogP contribution in [0.15, 0.2) is 30.5 Å². The Balaban J connectivity index is 1.54. The van der Waals surface area contributed by atoms with Gasteiger partial charge in [0.15, 0.2) is 5.82 Å². The van der Waals surface area contributed by atoms with E-state index in [2.05, 4.69) is 10.2 Å². The van der Waals surface area contributed by atoms with E-state index in [0.29, 0.717) is 19.3 Å². The monoisotopic (exact) mass is 398 g/mol. The first kappa shape index (κ1) is 19.8. The first-order valence-electron chi connectivity index (χ1n) is 10.6. The van der Waals surface area contributed by atoms with Gasteiger partial charge in [0.1, 0.15) is 12.3 Å². The number of carbonyl (C=O) groups is 1. The van der Waals surface area contributed by atoms with Crippen LogP contribution in [-0.4, -0.2) is 55.1 Å². The third kappa shape index (κ3) is 4.90. The first-order chi connectivity index (χ1) is 14.2. The normalized spacial score (nSPS) is 17.9. The summed E-state index contributed by atoms with van der Waals surface area (Å²) in [6.07, 6.45) is 7.83. The molecule has 2 fully saturated rings. The highest BCUT2D eigenvalue weighted by Crippen LogP contribution is 2.31. The maximum atomic E-state index is 12.6. The second-order valence-electron chi connectivity index (χ2n) is 7.79. The van der Waals surface area contributed by atoms with Crippen molar-refractivity contribution in [1.29, 1.82) is 0 Å². The lowest BCUT2D eigenvalue weighted by atomic mass is 9.95. The Kier molecular flexibility index (Phi) is 6.34. The molecule has 1 aliphatic heterocycles. The number of morpholine rings is 1. The molecule has 4 rings (SSSR count). The largest absolute Gasteiger partial charge is 0.497 e. The van der Waals surface area contributed by atoms with E-state index in [0.717, 1.165) is 48.6 Å². The molecule has 0 atom stereocenters. The lowest BCUT2D eigenvalue weighted by Crippen LogP contribution is -2.38. The topological polar surface area (TPSA) is 68.6 Å². The Morgan fingerprint density at radius 3 is 2.59 bits per heavy atom. The van der Waals surface area contributed by atoms with Crippen molar-refractivity contribution in [1.82, 2.24) is 15.1 Å². The number of benzene rings is 1. The molecule has 2 aromatic rings. The second-order valence-corrected chi connectivity index (χ2v) is 7.79. The molecule has 1 saturated carbocycles. The number of carbonyl (C=O) groups excluding carboxylic acids is 1. The van der Waals surface area contributed by atoms with Crippen molar-refractivity contribution in [3.05, 3.63) is 30.5 Å². The van der Waals surface area contributed by atoms with E-state index < -0.39 is 0 Å². The predicted molar refractivity (Wildman–Crippen MR) is 112 cm³/mol. The Morgan fingerprint density at radius 2 is 1.90 bits per heavy atom. The Morgan fingerprint density at radius 1 is 1.17 bits per heavy atom. The summed E-state index contributed by atoms with van der Waals surface area (Å²) < 4.78 is 12.5. The Hall–Kier alpha value is -2.54. The van der Waals surface area contributed by atoms with Crippen LogP contribution in [0.5, 0.6) is 5.75 Å². The van der Waals surface area contributed by atoms with Gasteiger partial charge in [-0.1, -0.05) is 31.4 Å². The highest BCUT2D eigenvalue weighted by molar-refractivity contribution is 5.78. The minimum absolute atomic E-state index is 0.0363. The summed E-state index contributed by atoms with van der Waals surface area (Å²) in [6.45, 7) is 3.22. The van der Waals surface area contributed by atoms with Gasteiger partial charge < -0.3 is 19.7 Å². The fraction of sp³-hybridized carbons (Fsp3) is 0.545.